The van der Waals surface area contributed by atoms with Crippen molar-refractivity contribution in [3.63, 3.8) is 0 Å². The van der Waals surface area contributed by atoms with Crippen LogP contribution in [-0.4, -0.2) is 25.0 Å². The van der Waals surface area contributed by atoms with Gasteiger partial charge < -0.3 is 10.1 Å². The second-order valence-corrected chi connectivity index (χ2v) is 3.12. The monoisotopic (exact) mass is 157 g/mol. The quantitative estimate of drug-likeness (QED) is 0.531. The Balaban J connectivity index is 2.66. The van der Waals surface area contributed by atoms with Gasteiger partial charge in [-0.05, 0) is 13.8 Å². The molecule has 1 rings (SSSR count). The number of carbonyl (C=O) groups excluding carboxylic acids is 2. The van der Waals surface area contributed by atoms with E-state index in [0.29, 0.717) is 0 Å². The van der Waals surface area contributed by atoms with E-state index in [1.165, 1.54) is 7.05 Å². The summed E-state index contributed by atoms with van der Waals surface area (Å²) in [6.07, 6.45) is -0.611. The first-order valence-corrected chi connectivity index (χ1v) is 3.43. The number of carbonyl (C=O) groups is 2. The van der Waals surface area contributed by atoms with Crippen molar-refractivity contribution in [2.24, 2.45) is 5.41 Å². The van der Waals surface area contributed by atoms with E-state index in [0.717, 1.165) is 0 Å². The van der Waals surface area contributed by atoms with Crippen molar-refractivity contribution in [2.45, 2.75) is 20.0 Å². The zero-order chi connectivity index (χ0) is 8.65. The summed E-state index contributed by atoms with van der Waals surface area (Å²) in [6, 6.07) is 0. The Hall–Kier alpha value is -1.06. The minimum atomic E-state index is -0.653. The molecule has 0 aliphatic carbocycles. The maximum Gasteiger partial charge on any atom is 0.316 e. The molecule has 4 heteroatoms. The number of rotatable bonds is 1. The number of likely N-dealkylation sites (N-methyl/N-ethyl adjacent to an activating group) is 1. The summed E-state index contributed by atoms with van der Waals surface area (Å²) in [7, 11) is 1.52. The van der Waals surface area contributed by atoms with Crippen LogP contribution in [0.25, 0.3) is 0 Å². The van der Waals surface area contributed by atoms with Crippen molar-refractivity contribution in [3.8, 4) is 0 Å². The second kappa shape index (κ2) is 2.22. The summed E-state index contributed by atoms with van der Waals surface area (Å²) in [5, 5.41) is 2.43. The Morgan fingerprint density at radius 2 is 2.18 bits per heavy atom. The summed E-state index contributed by atoms with van der Waals surface area (Å²) in [4.78, 5) is 21.7. The van der Waals surface area contributed by atoms with Crippen LogP contribution in [0.4, 0.5) is 0 Å². The average molecular weight is 157 g/mol. The molecule has 1 unspecified atom stereocenters. The van der Waals surface area contributed by atoms with Gasteiger partial charge in [0.2, 0.25) is 0 Å². The van der Waals surface area contributed by atoms with E-state index in [-0.39, 0.29) is 11.9 Å². The predicted octanol–water partition coefficient (Wildman–Crippen LogP) is -0.316. The zero-order valence-electron chi connectivity index (χ0n) is 6.80. The number of hydrogen-bond donors (Lipinski definition) is 1. The lowest BCUT2D eigenvalue weighted by atomic mass is 9.81. The van der Waals surface area contributed by atoms with E-state index >= 15 is 0 Å². The van der Waals surface area contributed by atoms with Gasteiger partial charge in [-0.2, -0.15) is 0 Å². The number of hydrogen-bond acceptors (Lipinski definition) is 3. The highest BCUT2D eigenvalue weighted by Gasteiger charge is 2.54. The Kier molecular flexibility index (Phi) is 1.62. The van der Waals surface area contributed by atoms with E-state index < -0.39 is 11.5 Å². The van der Waals surface area contributed by atoms with Crippen LogP contribution in [-0.2, 0) is 14.3 Å². The molecule has 0 aromatic carbocycles. The number of nitrogens with one attached hydrogen (secondary N) is 1. The molecule has 0 spiro atoms. The maximum absolute atomic E-state index is 11.0. The van der Waals surface area contributed by atoms with Gasteiger partial charge in [-0.15, -0.1) is 0 Å². The first-order chi connectivity index (χ1) is 5.00. The van der Waals surface area contributed by atoms with E-state index in [9.17, 15) is 9.59 Å². The van der Waals surface area contributed by atoms with Gasteiger partial charge in [0.15, 0.2) is 6.10 Å². The first-order valence-electron chi connectivity index (χ1n) is 3.43. The average Bonchev–Trinajstić information content (AvgIpc) is 1.98. The molecule has 1 aliphatic heterocycles. The lowest BCUT2D eigenvalue weighted by molar-refractivity contribution is -0.202. The van der Waals surface area contributed by atoms with Crippen LogP contribution in [0.1, 0.15) is 13.8 Å². The number of cyclic esters (lactones) is 1. The molecule has 4 nitrogen and oxygen atoms in total. The summed E-state index contributed by atoms with van der Waals surface area (Å²) in [5.74, 6) is -0.555. The Labute approximate surface area is 64.9 Å². The molecule has 1 saturated heterocycles. The molecule has 1 heterocycles. The van der Waals surface area contributed by atoms with Crippen LogP contribution in [0.2, 0.25) is 0 Å². The first kappa shape index (κ1) is 8.04. The van der Waals surface area contributed by atoms with Gasteiger partial charge >= 0.3 is 5.97 Å². The fourth-order valence-corrected chi connectivity index (χ4v) is 0.968. The van der Waals surface area contributed by atoms with Gasteiger partial charge in [0.1, 0.15) is 5.41 Å². The van der Waals surface area contributed by atoms with Crippen LogP contribution < -0.4 is 5.32 Å². The third-order valence-corrected chi connectivity index (χ3v) is 1.89. The van der Waals surface area contributed by atoms with Crippen LogP contribution in [0.3, 0.4) is 0 Å². The maximum atomic E-state index is 11.0. The molecule has 62 valence electrons. The predicted molar refractivity (Wildman–Crippen MR) is 37.7 cm³/mol. The van der Waals surface area contributed by atoms with Gasteiger partial charge in [0.05, 0.1) is 0 Å². The van der Waals surface area contributed by atoms with Crippen molar-refractivity contribution >= 4 is 11.9 Å². The normalized spacial score (nSPS) is 26.8. The summed E-state index contributed by atoms with van der Waals surface area (Å²) < 4.78 is 4.66. The van der Waals surface area contributed by atoms with E-state index in [2.05, 4.69) is 10.1 Å². The van der Waals surface area contributed by atoms with E-state index in [4.69, 9.17) is 0 Å². The molecular weight excluding hydrogens is 146 g/mol. The molecule has 1 aliphatic rings. The van der Waals surface area contributed by atoms with E-state index in [1.807, 2.05) is 0 Å². The van der Waals surface area contributed by atoms with Gasteiger partial charge in [0.25, 0.3) is 5.91 Å². The smallest absolute Gasteiger partial charge is 0.316 e. The molecule has 0 aromatic rings. The molecule has 11 heavy (non-hydrogen) atoms. The molecule has 1 amide bonds. The number of amides is 1. The van der Waals surface area contributed by atoms with Crippen LogP contribution in [0.15, 0.2) is 0 Å². The lowest BCUT2D eigenvalue weighted by Gasteiger charge is -2.39. The van der Waals surface area contributed by atoms with Crippen molar-refractivity contribution in [1.29, 1.82) is 0 Å². The van der Waals surface area contributed by atoms with Gasteiger partial charge in [-0.3, -0.25) is 9.59 Å². The molecule has 1 N–H and O–H groups in total. The standard InChI is InChI=1S/C7H11NO3/c1-7(2)4(5(9)8-3)11-6(7)10/h4H,1-3H3,(H,8,9). The Morgan fingerprint density at radius 3 is 2.45 bits per heavy atom. The molecule has 0 bridgehead atoms. The highest BCUT2D eigenvalue weighted by Crippen LogP contribution is 2.35. The Bertz CT molecular complexity index is 210. The molecule has 1 atom stereocenters. The highest BCUT2D eigenvalue weighted by molar-refractivity contribution is 5.96. The highest BCUT2D eigenvalue weighted by atomic mass is 16.6. The molecular formula is C7H11NO3. The molecule has 0 radical (unpaired) electrons. The fraction of sp³-hybridized carbons (Fsp3) is 0.714. The minimum Gasteiger partial charge on any atom is -0.451 e. The van der Waals surface area contributed by atoms with Crippen molar-refractivity contribution in [1.82, 2.24) is 5.32 Å². The second-order valence-electron chi connectivity index (χ2n) is 3.12. The van der Waals surface area contributed by atoms with Crippen molar-refractivity contribution in [3.05, 3.63) is 0 Å². The summed E-state index contributed by atoms with van der Waals surface area (Å²) >= 11 is 0. The van der Waals surface area contributed by atoms with Crippen molar-refractivity contribution < 1.29 is 14.3 Å². The molecule has 0 aromatic heterocycles. The van der Waals surface area contributed by atoms with Gasteiger partial charge in [-0.25, -0.2) is 0 Å². The minimum absolute atomic E-state index is 0.241. The van der Waals surface area contributed by atoms with Crippen LogP contribution in [0, 0.1) is 5.41 Å². The summed E-state index contributed by atoms with van der Waals surface area (Å²) in [6.45, 7) is 3.39. The van der Waals surface area contributed by atoms with Crippen LogP contribution >= 0.6 is 0 Å². The van der Waals surface area contributed by atoms with Gasteiger partial charge in [0, 0.05) is 7.05 Å². The van der Waals surface area contributed by atoms with E-state index in [1.54, 1.807) is 13.8 Å². The zero-order valence-corrected chi connectivity index (χ0v) is 6.80. The third kappa shape index (κ3) is 0.982. The fourth-order valence-electron chi connectivity index (χ4n) is 0.968. The Morgan fingerprint density at radius 1 is 1.64 bits per heavy atom. The largest absolute Gasteiger partial charge is 0.451 e. The SMILES string of the molecule is CNC(=O)C1OC(=O)C1(C)C. The lowest BCUT2D eigenvalue weighted by Crippen LogP contribution is -2.59. The molecule has 0 saturated carbocycles. The third-order valence-electron chi connectivity index (χ3n) is 1.89. The topological polar surface area (TPSA) is 55.4 Å². The molecule has 1 fully saturated rings. The van der Waals surface area contributed by atoms with Crippen LogP contribution in [0.5, 0.6) is 0 Å². The van der Waals surface area contributed by atoms with Gasteiger partial charge in [-0.1, -0.05) is 0 Å². The number of esters is 1. The van der Waals surface area contributed by atoms with Crippen molar-refractivity contribution in [2.75, 3.05) is 7.05 Å². The summed E-state index contributed by atoms with van der Waals surface area (Å²) in [5.41, 5.74) is -0.653. The number of ether oxygens (including phenoxy) is 1.